The van der Waals surface area contributed by atoms with Crippen molar-refractivity contribution in [2.24, 2.45) is 11.3 Å². The molecule has 4 nitrogen and oxygen atoms in total. The third kappa shape index (κ3) is 3.87. The topological polar surface area (TPSA) is 66.4 Å². The molecule has 0 heterocycles. The predicted molar refractivity (Wildman–Crippen MR) is 85.5 cm³/mol. The van der Waals surface area contributed by atoms with Gasteiger partial charge in [0.1, 0.15) is 0 Å². The molecule has 1 aromatic carbocycles. The zero-order valence-electron chi connectivity index (χ0n) is 13.2. The molecule has 0 bridgehead atoms. The summed E-state index contributed by atoms with van der Waals surface area (Å²) in [6, 6.07) is 10.0. The van der Waals surface area contributed by atoms with Gasteiger partial charge in [0, 0.05) is 6.54 Å². The normalized spacial score (nSPS) is 17.3. The van der Waals surface area contributed by atoms with Gasteiger partial charge in [-0.3, -0.25) is 9.59 Å². The summed E-state index contributed by atoms with van der Waals surface area (Å²) >= 11 is 0. The quantitative estimate of drug-likeness (QED) is 0.776. The highest BCUT2D eigenvalue weighted by Crippen LogP contribution is 2.44. The largest absolute Gasteiger partial charge is 0.481 e. The lowest BCUT2D eigenvalue weighted by atomic mass is 9.64. The Labute approximate surface area is 131 Å². The van der Waals surface area contributed by atoms with E-state index < -0.39 is 11.9 Å². The van der Waals surface area contributed by atoms with Gasteiger partial charge in [-0.25, -0.2) is 0 Å². The van der Waals surface area contributed by atoms with E-state index in [0.29, 0.717) is 6.42 Å². The average molecular weight is 303 g/mol. The molecule has 1 fully saturated rings. The number of carbonyl (C=O) groups excluding carboxylic acids is 1. The van der Waals surface area contributed by atoms with Gasteiger partial charge in [-0.15, -0.1) is 0 Å². The molecule has 22 heavy (non-hydrogen) atoms. The van der Waals surface area contributed by atoms with Crippen LogP contribution in [0.2, 0.25) is 0 Å². The molecule has 1 aliphatic rings. The fraction of sp³-hybridized carbons (Fsp3) is 0.556. The van der Waals surface area contributed by atoms with Gasteiger partial charge < -0.3 is 10.4 Å². The van der Waals surface area contributed by atoms with Crippen LogP contribution in [0.4, 0.5) is 0 Å². The fourth-order valence-electron chi connectivity index (χ4n) is 3.14. The Hall–Kier alpha value is -1.84. The van der Waals surface area contributed by atoms with E-state index in [1.54, 1.807) is 0 Å². The molecule has 1 saturated carbocycles. The minimum Gasteiger partial charge on any atom is -0.481 e. The van der Waals surface area contributed by atoms with Crippen molar-refractivity contribution in [2.75, 3.05) is 6.54 Å². The molecule has 1 atom stereocenters. The van der Waals surface area contributed by atoms with Crippen LogP contribution in [-0.4, -0.2) is 23.5 Å². The standard InChI is InChI=1S/C18H25NO3/c1-2-7-15(16(20)21)13-19-17(22)18(10-6-11-18)12-14-8-4-3-5-9-14/h3-5,8-9,15H,2,6-7,10-13H2,1H3,(H,19,22)(H,20,21). The third-order valence-corrected chi connectivity index (χ3v) is 4.67. The Morgan fingerprint density at radius 1 is 1.27 bits per heavy atom. The highest BCUT2D eigenvalue weighted by molar-refractivity contribution is 5.84. The van der Waals surface area contributed by atoms with E-state index in [9.17, 15) is 14.7 Å². The Kier molecular flexibility index (Phi) is 5.58. The summed E-state index contributed by atoms with van der Waals surface area (Å²) in [5.41, 5.74) is 0.831. The lowest BCUT2D eigenvalue weighted by molar-refractivity contribution is -0.142. The number of nitrogens with one attached hydrogen (secondary N) is 1. The maximum Gasteiger partial charge on any atom is 0.308 e. The van der Waals surface area contributed by atoms with Crippen LogP contribution in [0.5, 0.6) is 0 Å². The summed E-state index contributed by atoms with van der Waals surface area (Å²) in [5.74, 6) is -1.29. The Morgan fingerprint density at radius 3 is 2.45 bits per heavy atom. The molecule has 120 valence electrons. The van der Waals surface area contributed by atoms with Crippen molar-refractivity contribution < 1.29 is 14.7 Å². The predicted octanol–water partition coefficient (Wildman–Crippen LogP) is 3.02. The maximum absolute atomic E-state index is 12.6. The van der Waals surface area contributed by atoms with E-state index in [2.05, 4.69) is 5.32 Å². The number of aliphatic carboxylic acids is 1. The van der Waals surface area contributed by atoms with Crippen LogP contribution >= 0.6 is 0 Å². The van der Waals surface area contributed by atoms with Crippen molar-refractivity contribution in [2.45, 2.75) is 45.4 Å². The lowest BCUT2D eigenvalue weighted by Gasteiger charge is -2.40. The van der Waals surface area contributed by atoms with E-state index in [1.807, 2.05) is 37.3 Å². The SMILES string of the molecule is CCCC(CNC(=O)C1(Cc2ccccc2)CCC1)C(=O)O. The second-order valence-electron chi connectivity index (χ2n) is 6.33. The second kappa shape index (κ2) is 7.43. The first-order valence-corrected chi connectivity index (χ1v) is 8.12. The average Bonchev–Trinajstić information content (AvgIpc) is 2.47. The number of rotatable bonds is 8. The monoisotopic (exact) mass is 303 g/mol. The van der Waals surface area contributed by atoms with Gasteiger partial charge in [-0.05, 0) is 31.2 Å². The van der Waals surface area contributed by atoms with E-state index in [1.165, 1.54) is 5.56 Å². The molecule has 1 aliphatic carbocycles. The number of benzene rings is 1. The first kappa shape index (κ1) is 16.5. The zero-order valence-corrected chi connectivity index (χ0v) is 13.2. The number of hydrogen-bond donors (Lipinski definition) is 2. The molecule has 1 aromatic rings. The molecular weight excluding hydrogens is 278 g/mol. The molecule has 2 N–H and O–H groups in total. The minimum atomic E-state index is -0.826. The van der Waals surface area contributed by atoms with E-state index in [-0.39, 0.29) is 17.9 Å². The van der Waals surface area contributed by atoms with E-state index >= 15 is 0 Å². The highest BCUT2D eigenvalue weighted by atomic mass is 16.4. The van der Waals surface area contributed by atoms with Crippen LogP contribution < -0.4 is 5.32 Å². The van der Waals surface area contributed by atoms with Gasteiger partial charge in [0.05, 0.1) is 11.3 Å². The van der Waals surface area contributed by atoms with E-state index in [4.69, 9.17) is 0 Å². The second-order valence-corrected chi connectivity index (χ2v) is 6.33. The van der Waals surface area contributed by atoms with Crippen molar-refractivity contribution in [3.63, 3.8) is 0 Å². The van der Waals surface area contributed by atoms with Gasteiger partial charge in [0.2, 0.25) is 5.91 Å². The summed E-state index contributed by atoms with van der Waals surface area (Å²) in [5, 5.41) is 12.1. The van der Waals surface area contributed by atoms with Crippen molar-refractivity contribution in [3.8, 4) is 0 Å². The van der Waals surface area contributed by atoms with Gasteiger partial charge in [-0.2, -0.15) is 0 Å². The number of hydrogen-bond acceptors (Lipinski definition) is 2. The van der Waals surface area contributed by atoms with Gasteiger partial charge in [0.25, 0.3) is 0 Å². The molecule has 0 spiro atoms. The summed E-state index contributed by atoms with van der Waals surface area (Å²) < 4.78 is 0. The molecule has 1 amide bonds. The number of carboxylic acids is 1. The number of carbonyl (C=O) groups is 2. The Balaban J connectivity index is 1.95. The summed E-state index contributed by atoms with van der Waals surface area (Å²) in [6.07, 6.45) is 4.99. The molecule has 0 aromatic heterocycles. The van der Waals surface area contributed by atoms with Crippen molar-refractivity contribution in [1.29, 1.82) is 0 Å². The summed E-state index contributed by atoms with van der Waals surface area (Å²) in [4.78, 5) is 23.8. The van der Waals surface area contributed by atoms with Crippen LogP contribution in [0.15, 0.2) is 30.3 Å². The summed E-state index contributed by atoms with van der Waals surface area (Å²) in [7, 11) is 0. The molecule has 4 heteroatoms. The van der Waals surface area contributed by atoms with Crippen molar-refractivity contribution >= 4 is 11.9 Å². The minimum absolute atomic E-state index is 0.0185. The van der Waals surface area contributed by atoms with Crippen LogP contribution in [0, 0.1) is 11.3 Å². The van der Waals surface area contributed by atoms with E-state index in [0.717, 1.165) is 32.1 Å². The molecule has 0 saturated heterocycles. The first-order valence-electron chi connectivity index (χ1n) is 8.12. The Morgan fingerprint density at radius 2 is 1.95 bits per heavy atom. The highest BCUT2D eigenvalue weighted by Gasteiger charge is 2.44. The van der Waals surface area contributed by atoms with Gasteiger partial charge >= 0.3 is 5.97 Å². The van der Waals surface area contributed by atoms with Crippen molar-refractivity contribution in [1.82, 2.24) is 5.32 Å². The summed E-state index contributed by atoms with van der Waals surface area (Å²) in [6.45, 7) is 2.19. The molecular formula is C18H25NO3. The van der Waals surface area contributed by atoms with Crippen LogP contribution in [0.25, 0.3) is 0 Å². The maximum atomic E-state index is 12.6. The van der Waals surface area contributed by atoms with Crippen molar-refractivity contribution in [3.05, 3.63) is 35.9 Å². The van der Waals surface area contributed by atoms with Crippen LogP contribution in [0.1, 0.15) is 44.6 Å². The van der Waals surface area contributed by atoms with Crippen LogP contribution in [-0.2, 0) is 16.0 Å². The molecule has 0 radical (unpaired) electrons. The first-order chi connectivity index (χ1) is 10.6. The Bertz CT molecular complexity index is 508. The van der Waals surface area contributed by atoms with Gasteiger partial charge in [-0.1, -0.05) is 50.1 Å². The van der Waals surface area contributed by atoms with Gasteiger partial charge in [0.15, 0.2) is 0 Å². The lowest BCUT2D eigenvalue weighted by Crippen LogP contribution is -2.48. The molecule has 2 rings (SSSR count). The van der Waals surface area contributed by atoms with Crippen LogP contribution in [0.3, 0.4) is 0 Å². The smallest absolute Gasteiger partial charge is 0.308 e. The molecule has 0 aliphatic heterocycles. The number of amides is 1. The fourth-order valence-corrected chi connectivity index (χ4v) is 3.14. The third-order valence-electron chi connectivity index (χ3n) is 4.67. The zero-order chi connectivity index (χ0) is 16.0. The number of carboxylic acid groups (broad SMARTS) is 1. The molecule has 1 unspecified atom stereocenters.